The summed E-state index contributed by atoms with van der Waals surface area (Å²) in [7, 11) is 0. The fraction of sp³-hybridized carbons (Fsp3) is 0.357. The Balaban J connectivity index is 2.42. The van der Waals surface area contributed by atoms with Crippen molar-refractivity contribution in [3.63, 3.8) is 0 Å². The number of benzene rings is 1. The van der Waals surface area contributed by atoms with Gasteiger partial charge in [0.2, 0.25) is 0 Å². The summed E-state index contributed by atoms with van der Waals surface area (Å²) in [6.07, 6.45) is 3.03. The Kier molecular flexibility index (Phi) is 5.25. The lowest BCUT2D eigenvalue weighted by molar-refractivity contribution is -0.384. The van der Waals surface area contributed by atoms with Gasteiger partial charge in [0, 0.05) is 18.7 Å². The van der Waals surface area contributed by atoms with Crippen LogP contribution in [0.25, 0.3) is 6.08 Å². The van der Waals surface area contributed by atoms with Gasteiger partial charge in [0.05, 0.1) is 4.92 Å². The van der Waals surface area contributed by atoms with E-state index in [0.717, 1.165) is 5.56 Å². The van der Waals surface area contributed by atoms with E-state index < -0.39 is 16.6 Å². The summed E-state index contributed by atoms with van der Waals surface area (Å²) >= 11 is 0. The van der Waals surface area contributed by atoms with E-state index in [1.165, 1.54) is 12.1 Å². The molecule has 0 atom stereocenters. The second-order valence-electron chi connectivity index (χ2n) is 5.13. The first-order chi connectivity index (χ1) is 9.28. The van der Waals surface area contributed by atoms with Crippen LogP contribution in [0.5, 0.6) is 0 Å². The molecule has 0 saturated carbocycles. The van der Waals surface area contributed by atoms with Crippen molar-refractivity contribution in [2.75, 3.05) is 6.54 Å². The molecule has 0 spiro atoms. The number of carbonyl (C=O) groups is 1. The van der Waals surface area contributed by atoms with Crippen LogP contribution in [-0.4, -0.2) is 23.2 Å². The maximum absolute atomic E-state index is 11.3. The molecular formula is C14H18N2O4. The third-order valence-corrected chi connectivity index (χ3v) is 2.18. The number of amides is 1. The maximum Gasteiger partial charge on any atom is 0.407 e. The highest BCUT2D eigenvalue weighted by Crippen LogP contribution is 2.12. The van der Waals surface area contributed by atoms with Gasteiger partial charge in [-0.15, -0.1) is 0 Å². The molecule has 0 aliphatic heterocycles. The lowest BCUT2D eigenvalue weighted by Gasteiger charge is -2.19. The summed E-state index contributed by atoms with van der Waals surface area (Å²) in [6, 6.07) is 6.14. The van der Waals surface area contributed by atoms with Gasteiger partial charge in [-0.1, -0.05) is 12.2 Å². The molecule has 0 heterocycles. The minimum atomic E-state index is -0.522. The summed E-state index contributed by atoms with van der Waals surface area (Å²) in [6.45, 7) is 5.70. The molecular weight excluding hydrogens is 260 g/mol. The highest BCUT2D eigenvalue weighted by atomic mass is 16.6. The molecule has 108 valence electrons. The van der Waals surface area contributed by atoms with Gasteiger partial charge >= 0.3 is 6.09 Å². The number of alkyl carbamates (subject to hydrolysis) is 1. The predicted octanol–water partition coefficient (Wildman–Crippen LogP) is 3.13. The summed E-state index contributed by atoms with van der Waals surface area (Å²) < 4.78 is 5.07. The predicted molar refractivity (Wildman–Crippen MR) is 76.4 cm³/mol. The van der Waals surface area contributed by atoms with E-state index in [1.54, 1.807) is 45.1 Å². The number of hydrogen-bond acceptors (Lipinski definition) is 4. The number of carbonyl (C=O) groups excluding carboxylic acids is 1. The molecule has 0 aromatic heterocycles. The zero-order valence-electron chi connectivity index (χ0n) is 11.8. The largest absolute Gasteiger partial charge is 0.444 e. The Morgan fingerprint density at radius 1 is 1.35 bits per heavy atom. The van der Waals surface area contributed by atoms with Crippen LogP contribution in [0.3, 0.4) is 0 Å². The van der Waals surface area contributed by atoms with Crippen LogP contribution < -0.4 is 5.32 Å². The molecule has 0 aliphatic rings. The molecule has 0 fully saturated rings. The van der Waals surface area contributed by atoms with Crippen molar-refractivity contribution in [2.24, 2.45) is 0 Å². The topological polar surface area (TPSA) is 81.5 Å². The first kappa shape index (κ1) is 15.7. The van der Waals surface area contributed by atoms with Crippen molar-refractivity contribution in [2.45, 2.75) is 26.4 Å². The van der Waals surface area contributed by atoms with E-state index in [0.29, 0.717) is 6.54 Å². The van der Waals surface area contributed by atoms with Gasteiger partial charge < -0.3 is 10.1 Å². The molecule has 1 aromatic carbocycles. The number of ether oxygens (including phenoxy) is 1. The smallest absolute Gasteiger partial charge is 0.407 e. The second kappa shape index (κ2) is 6.70. The molecule has 1 rings (SSSR count). The quantitative estimate of drug-likeness (QED) is 0.677. The van der Waals surface area contributed by atoms with E-state index in [9.17, 15) is 14.9 Å². The molecule has 0 radical (unpaired) electrons. The Labute approximate surface area is 117 Å². The number of hydrogen-bond donors (Lipinski definition) is 1. The number of nitrogens with one attached hydrogen (secondary N) is 1. The van der Waals surface area contributed by atoms with Crippen molar-refractivity contribution in [3.05, 3.63) is 46.0 Å². The molecule has 0 saturated heterocycles. The van der Waals surface area contributed by atoms with Crippen molar-refractivity contribution < 1.29 is 14.5 Å². The van der Waals surface area contributed by atoms with E-state index in [4.69, 9.17) is 4.74 Å². The maximum atomic E-state index is 11.3. The van der Waals surface area contributed by atoms with Gasteiger partial charge in [0.15, 0.2) is 0 Å². The Morgan fingerprint density at radius 3 is 2.45 bits per heavy atom. The fourth-order valence-electron chi connectivity index (χ4n) is 1.36. The first-order valence-electron chi connectivity index (χ1n) is 6.16. The SMILES string of the molecule is CC(C)(C)OC(=O)NCC=Cc1ccc([N+](=O)[O-])cc1. The summed E-state index contributed by atoms with van der Waals surface area (Å²) in [4.78, 5) is 21.4. The van der Waals surface area contributed by atoms with Crippen LogP contribution >= 0.6 is 0 Å². The second-order valence-corrected chi connectivity index (χ2v) is 5.13. The summed E-state index contributed by atoms with van der Waals surface area (Å²) in [5.74, 6) is 0. The van der Waals surface area contributed by atoms with Crippen molar-refractivity contribution in [3.8, 4) is 0 Å². The summed E-state index contributed by atoms with van der Waals surface area (Å²) in [5.41, 5.74) is 0.349. The normalized spacial score (nSPS) is 11.3. The van der Waals surface area contributed by atoms with Crippen LogP contribution in [-0.2, 0) is 4.74 Å². The van der Waals surface area contributed by atoms with E-state index in [2.05, 4.69) is 5.32 Å². The van der Waals surface area contributed by atoms with Crippen LogP contribution in [0.2, 0.25) is 0 Å². The van der Waals surface area contributed by atoms with Crippen LogP contribution in [0, 0.1) is 10.1 Å². The molecule has 0 aliphatic carbocycles. The van der Waals surface area contributed by atoms with Gasteiger partial charge in [0.1, 0.15) is 5.60 Å². The molecule has 1 amide bonds. The Bertz CT molecular complexity index is 501. The van der Waals surface area contributed by atoms with E-state index in [-0.39, 0.29) is 5.69 Å². The van der Waals surface area contributed by atoms with Gasteiger partial charge in [-0.2, -0.15) is 0 Å². The lowest BCUT2D eigenvalue weighted by Crippen LogP contribution is -2.32. The molecule has 6 nitrogen and oxygen atoms in total. The monoisotopic (exact) mass is 278 g/mol. The number of non-ortho nitro benzene ring substituents is 1. The average Bonchev–Trinajstić information content (AvgIpc) is 2.33. The van der Waals surface area contributed by atoms with E-state index >= 15 is 0 Å². The van der Waals surface area contributed by atoms with Gasteiger partial charge in [-0.3, -0.25) is 10.1 Å². The number of nitrogens with zero attached hydrogens (tertiary/aromatic N) is 1. The number of nitro benzene ring substituents is 1. The van der Waals surface area contributed by atoms with Crippen molar-refractivity contribution in [1.29, 1.82) is 0 Å². The Morgan fingerprint density at radius 2 is 1.95 bits per heavy atom. The van der Waals surface area contributed by atoms with Crippen molar-refractivity contribution >= 4 is 17.9 Å². The van der Waals surface area contributed by atoms with Crippen molar-refractivity contribution in [1.82, 2.24) is 5.32 Å². The molecule has 0 unspecified atom stereocenters. The number of nitro groups is 1. The van der Waals surface area contributed by atoms with E-state index in [1.807, 2.05) is 0 Å². The molecule has 1 aromatic rings. The Hall–Kier alpha value is -2.37. The van der Waals surface area contributed by atoms with Gasteiger partial charge in [-0.05, 0) is 38.5 Å². The third-order valence-electron chi connectivity index (χ3n) is 2.18. The third kappa shape index (κ3) is 5.99. The fourth-order valence-corrected chi connectivity index (χ4v) is 1.36. The minimum absolute atomic E-state index is 0.0500. The summed E-state index contributed by atoms with van der Waals surface area (Å²) in [5, 5.41) is 13.1. The molecule has 0 bridgehead atoms. The average molecular weight is 278 g/mol. The van der Waals surface area contributed by atoms with Crippen LogP contribution in [0.15, 0.2) is 30.3 Å². The highest BCUT2D eigenvalue weighted by Gasteiger charge is 2.14. The minimum Gasteiger partial charge on any atom is -0.444 e. The lowest BCUT2D eigenvalue weighted by atomic mass is 10.2. The standard InChI is InChI=1S/C14H18N2O4/c1-14(2,3)20-13(17)15-10-4-5-11-6-8-12(9-7-11)16(18)19/h4-9H,10H2,1-3H3,(H,15,17). The van der Waals surface area contributed by atoms with Gasteiger partial charge in [0.25, 0.3) is 5.69 Å². The van der Waals surface area contributed by atoms with Crippen LogP contribution in [0.4, 0.5) is 10.5 Å². The molecule has 20 heavy (non-hydrogen) atoms. The molecule has 1 N–H and O–H groups in total. The number of rotatable bonds is 4. The zero-order chi connectivity index (χ0) is 15.2. The van der Waals surface area contributed by atoms with Gasteiger partial charge in [-0.25, -0.2) is 4.79 Å². The zero-order valence-corrected chi connectivity index (χ0v) is 11.8. The molecule has 6 heteroatoms. The first-order valence-corrected chi connectivity index (χ1v) is 6.16. The van der Waals surface area contributed by atoms with Crippen LogP contribution in [0.1, 0.15) is 26.3 Å². The highest BCUT2D eigenvalue weighted by molar-refractivity contribution is 5.68.